The van der Waals surface area contributed by atoms with Crippen LogP contribution in [0.4, 0.5) is 5.69 Å². The molecule has 0 saturated carbocycles. The topological polar surface area (TPSA) is 86.8 Å². The van der Waals surface area contributed by atoms with Crippen molar-refractivity contribution in [1.82, 2.24) is 10.2 Å². The minimum atomic E-state index is -3.78. The molecular weight excluding hydrogens is 485 g/mol. The molecule has 0 bridgehead atoms. The van der Waals surface area contributed by atoms with Crippen LogP contribution in [0.2, 0.25) is 10.0 Å². The third kappa shape index (κ3) is 7.35. The SMILES string of the molecule is Cc1ccc(N(CC(=O)N(Cc2c(Cl)cccc2Cl)[C@H](C)C(=O)NC(C)C)S(C)(=O)=O)cc1. The summed E-state index contributed by atoms with van der Waals surface area (Å²) in [5.74, 6) is -0.939. The van der Waals surface area contributed by atoms with E-state index >= 15 is 0 Å². The second-order valence-corrected chi connectivity index (χ2v) is 10.9. The Kier molecular flexibility index (Phi) is 9.17. The molecule has 33 heavy (non-hydrogen) atoms. The molecule has 180 valence electrons. The molecule has 2 aromatic carbocycles. The van der Waals surface area contributed by atoms with E-state index in [0.717, 1.165) is 16.1 Å². The maximum absolute atomic E-state index is 13.5. The molecule has 0 fully saturated rings. The lowest BCUT2D eigenvalue weighted by atomic mass is 10.1. The van der Waals surface area contributed by atoms with E-state index in [4.69, 9.17) is 23.2 Å². The molecule has 2 amide bonds. The standard InChI is InChI=1S/C23H29Cl2N3O4S/c1-15(2)26-23(30)17(4)27(13-19-20(24)7-6-8-21(19)25)22(29)14-28(33(5,31)32)18-11-9-16(3)10-12-18/h6-12,15,17H,13-14H2,1-5H3,(H,26,30)/t17-/m1/s1. The summed E-state index contributed by atoms with van der Waals surface area (Å²) in [4.78, 5) is 27.5. The molecule has 7 nitrogen and oxygen atoms in total. The van der Waals surface area contributed by atoms with Crippen molar-refractivity contribution in [1.29, 1.82) is 0 Å². The quantitative estimate of drug-likeness (QED) is 0.548. The van der Waals surface area contributed by atoms with Crippen molar-refractivity contribution in [3.05, 3.63) is 63.6 Å². The number of carbonyl (C=O) groups excluding carboxylic acids is 2. The van der Waals surface area contributed by atoms with Gasteiger partial charge in [0.25, 0.3) is 0 Å². The number of hydrogen-bond acceptors (Lipinski definition) is 4. The van der Waals surface area contributed by atoms with Gasteiger partial charge in [0.1, 0.15) is 12.6 Å². The molecule has 1 N–H and O–H groups in total. The second kappa shape index (κ2) is 11.2. The summed E-state index contributed by atoms with van der Waals surface area (Å²) < 4.78 is 26.1. The molecular formula is C23H29Cl2N3O4S. The van der Waals surface area contributed by atoms with E-state index in [2.05, 4.69) is 5.32 Å². The van der Waals surface area contributed by atoms with Gasteiger partial charge in [-0.05, 0) is 52.0 Å². The summed E-state index contributed by atoms with van der Waals surface area (Å²) in [6.45, 7) is 6.54. The Morgan fingerprint density at radius 2 is 1.55 bits per heavy atom. The van der Waals surface area contributed by atoms with Crippen molar-refractivity contribution in [3.63, 3.8) is 0 Å². The largest absolute Gasteiger partial charge is 0.352 e. The van der Waals surface area contributed by atoms with Crippen LogP contribution in [0.25, 0.3) is 0 Å². The molecule has 0 spiro atoms. The molecule has 0 aliphatic carbocycles. The lowest BCUT2D eigenvalue weighted by Crippen LogP contribution is -2.52. The van der Waals surface area contributed by atoms with Gasteiger partial charge in [0, 0.05) is 28.2 Å². The normalized spacial score (nSPS) is 12.4. The smallest absolute Gasteiger partial charge is 0.244 e. The maximum atomic E-state index is 13.5. The third-order valence-corrected chi connectivity index (χ3v) is 6.84. The van der Waals surface area contributed by atoms with Crippen molar-refractivity contribution in [2.45, 2.75) is 46.3 Å². The Bertz CT molecular complexity index is 1080. The minimum Gasteiger partial charge on any atom is -0.352 e. The number of anilines is 1. The highest BCUT2D eigenvalue weighted by Gasteiger charge is 2.31. The summed E-state index contributed by atoms with van der Waals surface area (Å²) in [7, 11) is -3.78. The van der Waals surface area contributed by atoms with Gasteiger partial charge in [0.05, 0.1) is 11.9 Å². The van der Waals surface area contributed by atoms with E-state index in [1.165, 1.54) is 4.90 Å². The van der Waals surface area contributed by atoms with E-state index in [1.807, 2.05) is 20.8 Å². The molecule has 0 saturated heterocycles. The maximum Gasteiger partial charge on any atom is 0.244 e. The van der Waals surface area contributed by atoms with E-state index in [-0.39, 0.29) is 18.5 Å². The van der Waals surface area contributed by atoms with Crippen LogP contribution < -0.4 is 9.62 Å². The van der Waals surface area contributed by atoms with Crippen LogP contribution in [0.15, 0.2) is 42.5 Å². The van der Waals surface area contributed by atoms with Crippen molar-refractivity contribution < 1.29 is 18.0 Å². The molecule has 0 aromatic heterocycles. The Labute approximate surface area is 205 Å². The lowest BCUT2D eigenvalue weighted by Gasteiger charge is -2.32. The highest BCUT2D eigenvalue weighted by atomic mass is 35.5. The first-order chi connectivity index (χ1) is 15.3. The van der Waals surface area contributed by atoms with Gasteiger partial charge in [-0.1, -0.05) is 47.0 Å². The first-order valence-electron chi connectivity index (χ1n) is 10.4. The number of halogens is 2. The van der Waals surface area contributed by atoms with E-state index in [9.17, 15) is 18.0 Å². The highest BCUT2D eigenvalue weighted by molar-refractivity contribution is 7.92. The molecule has 1 atom stereocenters. The number of carbonyl (C=O) groups is 2. The third-order valence-electron chi connectivity index (χ3n) is 4.99. The molecule has 0 aliphatic heterocycles. The zero-order valence-electron chi connectivity index (χ0n) is 19.3. The molecule has 0 radical (unpaired) electrons. The fourth-order valence-corrected chi connectivity index (χ4v) is 4.53. The average Bonchev–Trinajstić information content (AvgIpc) is 2.70. The lowest BCUT2D eigenvalue weighted by molar-refractivity contribution is -0.139. The Balaban J connectivity index is 2.44. The Morgan fingerprint density at radius 3 is 2.03 bits per heavy atom. The summed E-state index contributed by atoms with van der Waals surface area (Å²) >= 11 is 12.6. The average molecular weight is 514 g/mol. The highest BCUT2D eigenvalue weighted by Crippen LogP contribution is 2.27. The van der Waals surface area contributed by atoms with Crippen molar-refractivity contribution in [2.24, 2.45) is 0 Å². The van der Waals surface area contributed by atoms with Gasteiger partial charge >= 0.3 is 0 Å². The summed E-state index contributed by atoms with van der Waals surface area (Å²) in [6.07, 6.45) is 1.03. The van der Waals surface area contributed by atoms with E-state index in [0.29, 0.717) is 21.3 Å². The number of rotatable bonds is 9. The first kappa shape index (κ1) is 27.0. The number of aryl methyl sites for hydroxylation is 1. The molecule has 0 heterocycles. The van der Waals surface area contributed by atoms with Crippen LogP contribution in [0, 0.1) is 6.92 Å². The van der Waals surface area contributed by atoms with Crippen LogP contribution in [0.3, 0.4) is 0 Å². The van der Waals surface area contributed by atoms with Crippen molar-refractivity contribution in [3.8, 4) is 0 Å². The Morgan fingerprint density at radius 1 is 1.00 bits per heavy atom. The number of benzene rings is 2. The minimum absolute atomic E-state index is 0.0600. The van der Waals surface area contributed by atoms with Crippen LogP contribution >= 0.6 is 23.2 Å². The van der Waals surface area contributed by atoms with E-state index < -0.39 is 28.5 Å². The fraction of sp³-hybridized carbons (Fsp3) is 0.391. The van der Waals surface area contributed by atoms with Gasteiger partial charge in [-0.25, -0.2) is 8.42 Å². The van der Waals surface area contributed by atoms with Gasteiger partial charge < -0.3 is 10.2 Å². The number of hydrogen-bond donors (Lipinski definition) is 1. The van der Waals surface area contributed by atoms with Crippen LogP contribution in [0.1, 0.15) is 31.9 Å². The van der Waals surface area contributed by atoms with Crippen molar-refractivity contribution >= 4 is 50.7 Å². The number of sulfonamides is 1. The van der Waals surface area contributed by atoms with Gasteiger partial charge in [0.2, 0.25) is 21.8 Å². The summed E-state index contributed by atoms with van der Waals surface area (Å²) in [6, 6.07) is 10.7. The summed E-state index contributed by atoms with van der Waals surface area (Å²) in [5, 5.41) is 3.47. The second-order valence-electron chi connectivity index (χ2n) is 8.17. The predicted octanol–water partition coefficient (Wildman–Crippen LogP) is 4.01. The van der Waals surface area contributed by atoms with Crippen LogP contribution in [-0.4, -0.2) is 50.0 Å². The molecule has 0 aliphatic rings. The predicted molar refractivity (Wildman–Crippen MR) is 133 cm³/mol. The zero-order valence-corrected chi connectivity index (χ0v) is 21.6. The number of nitrogens with one attached hydrogen (secondary N) is 1. The molecule has 2 rings (SSSR count). The number of nitrogens with zero attached hydrogens (tertiary/aromatic N) is 2. The first-order valence-corrected chi connectivity index (χ1v) is 13.0. The Hall–Kier alpha value is -2.29. The van der Waals surface area contributed by atoms with E-state index in [1.54, 1.807) is 49.4 Å². The zero-order chi connectivity index (χ0) is 24.9. The van der Waals surface area contributed by atoms with Gasteiger partial charge in [-0.3, -0.25) is 13.9 Å². The van der Waals surface area contributed by atoms with Gasteiger partial charge in [-0.15, -0.1) is 0 Å². The van der Waals surface area contributed by atoms with Crippen molar-refractivity contribution in [2.75, 3.05) is 17.1 Å². The van der Waals surface area contributed by atoms with Gasteiger partial charge in [-0.2, -0.15) is 0 Å². The van der Waals surface area contributed by atoms with Crippen LogP contribution in [0.5, 0.6) is 0 Å². The monoisotopic (exact) mass is 513 g/mol. The summed E-state index contributed by atoms with van der Waals surface area (Å²) in [5.41, 5.74) is 1.78. The molecule has 2 aromatic rings. The fourth-order valence-electron chi connectivity index (χ4n) is 3.17. The van der Waals surface area contributed by atoms with Gasteiger partial charge in [0.15, 0.2) is 0 Å². The number of amides is 2. The molecule has 0 unspecified atom stereocenters. The van der Waals surface area contributed by atoms with Crippen LogP contribution in [-0.2, 0) is 26.2 Å². The molecule has 10 heteroatoms.